The van der Waals surface area contributed by atoms with Gasteiger partial charge in [-0.25, -0.2) is 8.42 Å². The lowest BCUT2D eigenvalue weighted by Gasteiger charge is -2.36. The van der Waals surface area contributed by atoms with E-state index in [0.717, 1.165) is 37.3 Å². The van der Waals surface area contributed by atoms with Crippen LogP contribution in [0.25, 0.3) is 0 Å². The van der Waals surface area contributed by atoms with Crippen molar-refractivity contribution in [2.75, 3.05) is 39.3 Å². The van der Waals surface area contributed by atoms with Crippen molar-refractivity contribution >= 4 is 38.9 Å². The minimum atomic E-state index is -3.50. The molecule has 0 atom stereocenters. The molecule has 9 heteroatoms. The van der Waals surface area contributed by atoms with Crippen LogP contribution >= 0.6 is 22.9 Å². The Balaban J connectivity index is 1.60. The molecule has 2 fully saturated rings. The van der Waals surface area contributed by atoms with Gasteiger partial charge in [0.1, 0.15) is 4.21 Å². The van der Waals surface area contributed by atoms with E-state index in [4.69, 9.17) is 11.6 Å². The number of nitrogens with one attached hydrogen (secondary N) is 1. The van der Waals surface area contributed by atoms with Gasteiger partial charge in [0.25, 0.3) is 10.0 Å². The van der Waals surface area contributed by atoms with Crippen molar-refractivity contribution in [2.24, 2.45) is 5.92 Å². The van der Waals surface area contributed by atoms with Gasteiger partial charge >= 0.3 is 0 Å². The first kappa shape index (κ1) is 17.2. The molecule has 2 aliphatic rings. The Kier molecular flexibility index (Phi) is 5.27. The predicted molar refractivity (Wildman–Crippen MR) is 90.3 cm³/mol. The van der Waals surface area contributed by atoms with Crippen molar-refractivity contribution in [1.82, 2.24) is 14.5 Å². The zero-order valence-electron chi connectivity index (χ0n) is 12.7. The van der Waals surface area contributed by atoms with E-state index in [9.17, 15) is 13.2 Å². The molecular formula is C14H20ClN3O3S2. The van der Waals surface area contributed by atoms with E-state index in [-0.39, 0.29) is 16.0 Å². The lowest BCUT2D eigenvalue weighted by Crippen LogP contribution is -2.52. The van der Waals surface area contributed by atoms with Crippen molar-refractivity contribution in [3.63, 3.8) is 0 Å². The quantitative estimate of drug-likeness (QED) is 0.860. The number of rotatable bonds is 3. The topological polar surface area (TPSA) is 69.7 Å². The fraction of sp³-hybridized carbons (Fsp3) is 0.643. The third-order valence-corrected chi connectivity index (χ3v) is 7.98. The van der Waals surface area contributed by atoms with Crippen LogP contribution in [-0.4, -0.2) is 62.8 Å². The van der Waals surface area contributed by atoms with Crippen LogP contribution in [0.15, 0.2) is 16.3 Å². The molecule has 0 aliphatic carbocycles. The van der Waals surface area contributed by atoms with Gasteiger partial charge in [-0.15, -0.1) is 11.3 Å². The first-order valence-electron chi connectivity index (χ1n) is 7.73. The smallest absolute Gasteiger partial charge is 0.252 e. The summed E-state index contributed by atoms with van der Waals surface area (Å²) >= 11 is 6.90. The van der Waals surface area contributed by atoms with Crippen LogP contribution in [0.5, 0.6) is 0 Å². The predicted octanol–water partition coefficient (Wildman–Crippen LogP) is 1.23. The van der Waals surface area contributed by atoms with Crippen LogP contribution in [-0.2, 0) is 14.8 Å². The standard InChI is InChI=1S/C14H20ClN3O3S2/c15-12-1-2-13(22-12)23(20,21)18-9-7-17(8-10-18)14(19)11-3-5-16-6-4-11/h1-2,11,16H,3-10H2. The molecule has 3 heterocycles. The molecule has 6 nitrogen and oxygen atoms in total. The van der Waals surface area contributed by atoms with Crippen LogP contribution in [0, 0.1) is 5.92 Å². The van der Waals surface area contributed by atoms with Gasteiger partial charge in [0.2, 0.25) is 5.91 Å². The molecular weight excluding hydrogens is 358 g/mol. The normalized spacial score (nSPS) is 21.5. The minimum absolute atomic E-state index is 0.0792. The summed E-state index contributed by atoms with van der Waals surface area (Å²) in [5, 5.41) is 3.25. The van der Waals surface area contributed by atoms with E-state index in [1.54, 1.807) is 6.07 Å². The molecule has 23 heavy (non-hydrogen) atoms. The molecule has 2 saturated heterocycles. The van der Waals surface area contributed by atoms with Crippen molar-refractivity contribution in [2.45, 2.75) is 17.1 Å². The number of halogens is 1. The Labute approximate surface area is 145 Å². The summed E-state index contributed by atoms with van der Waals surface area (Å²) in [5.41, 5.74) is 0. The Morgan fingerprint density at radius 3 is 2.39 bits per heavy atom. The molecule has 0 radical (unpaired) electrons. The number of carbonyl (C=O) groups excluding carboxylic acids is 1. The van der Waals surface area contributed by atoms with Crippen molar-refractivity contribution in [1.29, 1.82) is 0 Å². The number of piperazine rings is 1. The number of sulfonamides is 1. The maximum Gasteiger partial charge on any atom is 0.252 e. The van der Waals surface area contributed by atoms with Crippen molar-refractivity contribution in [3.8, 4) is 0 Å². The van der Waals surface area contributed by atoms with Gasteiger partial charge in [0.05, 0.1) is 4.34 Å². The third kappa shape index (κ3) is 3.71. The van der Waals surface area contributed by atoms with Gasteiger partial charge in [-0.2, -0.15) is 4.31 Å². The zero-order valence-corrected chi connectivity index (χ0v) is 15.1. The Bertz CT molecular complexity index is 663. The van der Waals surface area contributed by atoms with Gasteiger partial charge in [-0.05, 0) is 38.1 Å². The molecule has 0 saturated carbocycles. The van der Waals surface area contributed by atoms with Gasteiger partial charge in [-0.1, -0.05) is 11.6 Å². The SMILES string of the molecule is O=C(C1CCNCC1)N1CCN(S(=O)(=O)c2ccc(Cl)s2)CC1. The lowest BCUT2D eigenvalue weighted by molar-refractivity contribution is -0.137. The molecule has 1 N–H and O–H groups in total. The third-order valence-electron chi connectivity index (χ3n) is 4.38. The van der Waals surface area contributed by atoms with E-state index in [1.165, 1.54) is 10.4 Å². The lowest BCUT2D eigenvalue weighted by atomic mass is 9.96. The van der Waals surface area contributed by atoms with E-state index in [0.29, 0.717) is 30.5 Å². The Hall–Kier alpha value is -0.670. The molecule has 0 unspecified atom stereocenters. The molecule has 128 valence electrons. The summed E-state index contributed by atoms with van der Waals surface area (Å²) in [7, 11) is -3.50. The van der Waals surface area contributed by atoms with Gasteiger partial charge in [-0.3, -0.25) is 4.79 Å². The van der Waals surface area contributed by atoms with Crippen molar-refractivity contribution in [3.05, 3.63) is 16.5 Å². The fourth-order valence-electron chi connectivity index (χ4n) is 3.04. The summed E-state index contributed by atoms with van der Waals surface area (Å²) in [4.78, 5) is 14.3. The molecule has 2 aliphatic heterocycles. The highest BCUT2D eigenvalue weighted by atomic mass is 35.5. The number of carbonyl (C=O) groups is 1. The van der Waals surface area contributed by atoms with E-state index < -0.39 is 10.0 Å². The maximum atomic E-state index is 12.5. The second-order valence-electron chi connectivity index (χ2n) is 5.81. The van der Waals surface area contributed by atoms with Crippen LogP contribution in [0.4, 0.5) is 0 Å². The number of thiophene rings is 1. The van der Waals surface area contributed by atoms with Gasteiger partial charge in [0.15, 0.2) is 0 Å². The molecule has 1 aromatic rings. The molecule has 1 aromatic heterocycles. The van der Waals surface area contributed by atoms with Crippen LogP contribution in [0.2, 0.25) is 4.34 Å². The van der Waals surface area contributed by atoms with E-state index in [1.807, 2.05) is 4.90 Å². The highest BCUT2D eigenvalue weighted by Crippen LogP contribution is 2.28. The number of hydrogen-bond acceptors (Lipinski definition) is 5. The number of amides is 1. The fourth-order valence-corrected chi connectivity index (χ4v) is 6.10. The Morgan fingerprint density at radius 1 is 1.17 bits per heavy atom. The van der Waals surface area contributed by atoms with Crippen LogP contribution in [0.1, 0.15) is 12.8 Å². The summed E-state index contributed by atoms with van der Waals surface area (Å²) in [6.45, 7) is 3.36. The van der Waals surface area contributed by atoms with Gasteiger partial charge < -0.3 is 10.2 Å². The molecule has 0 bridgehead atoms. The first-order chi connectivity index (χ1) is 11.0. The highest BCUT2D eigenvalue weighted by Gasteiger charge is 2.33. The Morgan fingerprint density at radius 2 is 1.83 bits per heavy atom. The zero-order chi connectivity index (χ0) is 16.4. The second-order valence-corrected chi connectivity index (χ2v) is 9.69. The molecule has 0 spiro atoms. The largest absolute Gasteiger partial charge is 0.340 e. The molecule has 1 amide bonds. The van der Waals surface area contributed by atoms with E-state index in [2.05, 4.69) is 5.32 Å². The average Bonchev–Trinajstić information content (AvgIpc) is 3.02. The first-order valence-corrected chi connectivity index (χ1v) is 10.4. The maximum absolute atomic E-state index is 12.5. The van der Waals surface area contributed by atoms with Crippen molar-refractivity contribution < 1.29 is 13.2 Å². The molecule has 0 aromatic carbocycles. The number of nitrogens with zero attached hydrogens (tertiary/aromatic N) is 2. The van der Waals surface area contributed by atoms with Crippen LogP contribution in [0.3, 0.4) is 0 Å². The highest BCUT2D eigenvalue weighted by molar-refractivity contribution is 7.91. The summed E-state index contributed by atoms with van der Waals surface area (Å²) in [5.74, 6) is 0.248. The summed E-state index contributed by atoms with van der Waals surface area (Å²) in [6, 6.07) is 3.13. The average molecular weight is 378 g/mol. The van der Waals surface area contributed by atoms with E-state index >= 15 is 0 Å². The summed E-state index contributed by atoms with van der Waals surface area (Å²) < 4.78 is 27.3. The van der Waals surface area contributed by atoms with Gasteiger partial charge in [0, 0.05) is 32.1 Å². The number of piperidine rings is 1. The molecule has 3 rings (SSSR count). The minimum Gasteiger partial charge on any atom is -0.340 e. The second kappa shape index (κ2) is 7.06. The monoisotopic (exact) mass is 377 g/mol. The summed E-state index contributed by atoms with van der Waals surface area (Å²) in [6.07, 6.45) is 1.73. The van der Waals surface area contributed by atoms with Crippen LogP contribution < -0.4 is 5.32 Å². The number of hydrogen-bond donors (Lipinski definition) is 1.